The predicted octanol–water partition coefficient (Wildman–Crippen LogP) is 2.98. The van der Waals surface area contributed by atoms with Gasteiger partial charge in [0.05, 0.1) is 5.01 Å². The first kappa shape index (κ1) is 17.1. The Morgan fingerprint density at radius 1 is 1.13 bits per heavy atom. The Morgan fingerprint density at radius 2 is 1.78 bits per heavy atom. The SMILES string of the molecule is CCc1ccc(C(=O)NNC(=O)c2csc(CC(C)C)n2)cc1. The highest BCUT2D eigenvalue weighted by atomic mass is 32.1. The van der Waals surface area contributed by atoms with Crippen LogP contribution in [0.15, 0.2) is 29.6 Å². The number of carbonyl (C=O) groups excluding carboxylic acids is 2. The van der Waals surface area contributed by atoms with Crippen molar-refractivity contribution in [2.45, 2.75) is 33.6 Å². The minimum Gasteiger partial charge on any atom is -0.267 e. The summed E-state index contributed by atoms with van der Waals surface area (Å²) in [6, 6.07) is 7.28. The van der Waals surface area contributed by atoms with E-state index in [9.17, 15) is 9.59 Å². The molecule has 0 aliphatic heterocycles. The average molecular weight is 331 g/mol. The largest absolute Gasteiger partial charge is 0.289 e. The lowest BCUT2D eigenvalue weighted by Gasteiger charge is -2.06. The standard InChI is InChI=1S/C17H21N3O2S/c1-4-12-5-7-13(8-6-12)16(21)19-20-17(22)14-10-23-15(18-14)9-11(2)3/h5-8,10-11H,4,9H2,1-3H3,(H,19,21)(H,20,22). The second-order valence-electron chi connectivity index (χ2n) is 5.68. The van der Waals surface area contributed by atoms with Gasteiger partial charge in [-0.3, -0.25) is 20.4 Å². The number of nitrogens with zero attached hydrogens (tertiary/aromatic N) is 1. The van der Waals surface area contributed by atoms with E-state index in [4.69, 9.17) is 0 Å². The van der Waals surface area contributed by atoms with Crippen LogP contribution in [0.1, 0.15) is 52.2 Å². The Hall–Kier alpha value is -2.21. The van der Waals surface area contributed by atoms with Crippen molar-refractivity contribution in [2.75, 3.05) is 0 Å². The number of amides is 2. The van der Waals surface area contributed by atoms with Crippen LogP contribution >= 0.6 is 11.3 Å². The zero-order chi connectivity index (χ0) is 16.8. The number of carbonyl (C=O) groups is 2. The van der Waals surface area contributed by atoms with Crippen LogP contribution in [0.25, 0.3) is 0 Å². The Balaban J connectivity index is 1.90. The lowest BCUT2D eigenvalue weighted by molar-refractivity contribution is 0.0844. The molecule has 0 radical (unpaired) electrons. The number of rotatable bonds is 5. The van der Waals surface area contributed by atoms with E-state index >= 15 is 0 Å². The third-order valence-corrected chi connectivity index (χ3v) is 4.15. The molecular weight excluding hydrogens is 310 g/mol. The molecule has 2 aromatic rings. The maximum Gasteiger partial charge on any atom is 0.289 e. The van der Waals surface area contributed by atoms with E-state index in [2.05, 4.69) is 36.6 Å². The lowest BCUT2D eigenvalue weighted by atomic mass is 10.1. The second-order valence-corrected chi connectivity index (χ2v) is 6.63. The normalized spacial score (nSPS) is 10.6. The Morgan fingerprint density at radius 3 is 2.39 bits per heavy atom. The van der Waals surface area contributed by atoms with Crippen molar-refractivity contribution in [3.8, 4) is 0 Å². The van der Waals surface area contributed by atoms with Gasteiger partial charge < -0.3 is 0 Å². The van der Waals surface area contributed by atoms with Crippen LogP contribution in [0.5, 0.6) is 0 Å². The molecule has 0 saturated heterocycles. The lowest BCUT2D eigenvalue weighted by Crippen LogP contribution is -2.41. The second kappa shape index (κ2) is 7.87. The van der Waals surface area contributed by atoms with Gasteiger partial charge in [0.25, 0.3) is 11.8 Å². The van der Waals surface area contributed by atoms with Crippen LogP contribution in [0.2, 0.25) is 0 Å². The first-order chi connectivity index (χ1) is 11.0. The summed E-state index contributed by atoms with van der Waals surface area (Å²) >= 11 is 1.46. The van der Waals surface area contributed by atoms with Gasteiger partial charge in [0, 0.05) is 17.4 Å². The number of hydrogen-bond acceptors (Lipinski definition) is 4. The van der Waals surface area contributed by atoms with Gasteiger partial charge in [-0.25, -0.2) is 4.98 Å². The van der Waals surface area contributed by atoms with Gasteiger partial charge in [-0.2, -0.15) is 0 Å². The number of hydrazine groups is 1. The summed E-state index contributed by atoms with van der Waals surface area (Å²) in [6.45, 7) is 6.26. The highest BCUT2D eigenvalue weighted by Crippen LogP contribution is 2.14. The molecule has 5 nitrogen and oxygen atoms in total. The molecule has 0 atom stereocenters. The number of benzene rings is 1. The van der Waals surface area contributed by atoms with E-state index in [0.29, 0.717) is 17.2 Å². The molecule has 23 heavy (non-hydrogen) atoms. The summed E-state index contributed by atoms with van der Waals surface area (Å²) in [5.74, 6) is -0.267. The molecule has 0 saturated carbocycles. The van der Waals surface area contributed by atoms with Crippen LogP contribution in [-0.2, 0) is 12.8 Å². The van der Waals surface area contributed by atoms with E-state index < -0.39 is 5.91 Å². The van der Waals surface area contributed by atoms with Crippen molar-refractivity contribution in [1.82, 2.24) is 15.8 Å². The molecule has 0 aliphatic carbocycles. The fraction of sp³-hybridized carbons (Fsp3) is 0.353. The fourth-order valence-electron chi connectivity index (χ4n) is 2.00. The Bertz CT molecular complexity index is 677. The molecule has 122 valence electrons. The Kier molecular flexibility index (Phi) is 5.87. The van der Waals surface area contributed by atoms with E-state index in [1.54, 1.807) is 17.5 Å². The van der Waals surface area contributed by atoms with Crippen molar-refractivity contribution < 1.29 is 9.59 Å². The molecule has 6 heteroatoms. The van der Waals surface area contributed by atoms with Gasteiger partial charge in [0.1, 0.15) is 5.69 Å². The maximum atomic E-state index is 12.0. The minimum absolute atomic E-state index is 0.326. The number of thiazole rings is 1. The third-order valence-electron chi connectivity index (χ3n) is 3.28. The van der Waals surface area contributed by atoms with Crippen LogP contribution in [0, 0.1) is 5.92 Å². The van der Waals surface area contributed by atoms with Crippen molar-refractivity contribution in [3.05, 3.63) is 51.5 Å². The predicted molar refractivity (Wildman–Crippen MR) is 91.4 cm³/mol. The number of aromatic nitrogens is 1. The molecule has 0 aliphatic rings. The summed E-state index contributed by atoms with van der Waals surface area (Å²) in [5.41, 5.74) is 6.79. The first-order valence-electron chi connectivity index (χ1n) is 7.63. The highest BCUT2D eigenvalue weighted by Gasteiger charge is 2.13. The van der Waals surface area contributed by atoms with E-state index in [1.807, 2.05) is 12.1 Å². The Labute approximate surface area is 140 Å². The molecule has 2 amide bonds. The number of aryl methyl sites for hydroxylation is 1. The molecular formula is C17H21N3O2S. The monoisotopic (exact) mass is 331 g/mol. The smallest absolute Gasteiger partial charge is 0.267 e. The molecule has 1 aromatic heterocycles. The van der Waals surface area contributed by atoms with Gasteiger partial charge >= 0.3 is 0 Å². The summed E-state index contributed by atoms with van der Waals surface area (Å²) in [4.78, 5) is 28.3. The van der Waals surface area contributed by atoms with Gasteiger partial charge in [-0.05, 0) is 30.0 Å². The van der Waals surface area contributed by atoms with Crippen LogP contribution in [0.3, 0.4) is 0 Å². The van der Waals surface area contributed by atoms with Crippen LogP contribution in [-0.4, -0.2) is 16.8 Å². The first-order valence-corrected chi connectivity index (χ1v) is 8.51. The molecule has 0 bridgehead atoms. The fourth-order valence-corrected chi connectivity index (χ4v) is 2.99. The number of nitrogens with one attached hydrogen (secondary N) is 2. The molecule has 0 spiro atoms. The van der Waals surface area contributed by atoms with E-state index in [0.717, 1.165) is 23.4 Å². The quantitative estimate of drug-likeness (QED) is 0.828. The van der Waals surface area contributed by atoms with Gasteiger partial charge in [0.2, 0.25) is 0 Å². The topological polar surface area (TPSA) is 71.1 Å². The summed E-state index contributed by atoms with van der Waals surface area (Å²) in [6.07, 6.45) is 1.76. The number of hydrogen-bond donors (Lipinski definition) is 2. The zero-order valence-corrected chi connectivity index (χ0v) is 14.4. The van der Waals surface area contributed by atoms with Crippen molar-refractivity contribution in [2.24, 2.45) is 5.92 Å². The van der Waals surface area contributed by atoms with Crippen LogP contribution < -0.4 is 10.9 Å². The summed E-state index contributed by atoms with van der Waals surface area (Å²) in [7, 11) is 0. The molecule has 2 rings (SSSR count). The molecule has 1 heterocycles. The van der Waals surface area contributed by atoms with Crippen LogP contribution in [0.4, 0.5) is 0 Å². The van der Waals surface area contributed by atoms with E-state index in [-0.39, 0.29) is 5.91 Å². The van der Waals surface area contributed by atoms with E-state index in [1.165, 1.54) is 11.3 Å². The average Bonchev–Trinajstić information content (AvgIpc) is 3.00. The van der Waals surface area contributed by atoms with Gasteiger partial charge in [0.15, 0.2) is 0 Å². The van der Waals surface area contributed by atoms with Crippen molar-refractivity contribution in [1.29, 1.82) is 0 Å². The highest BCUT2D eigenvalue weighted by molar-refractivity contribution is 7.09. The summed E-state index contributed by atoms with van der Waals surface area (Å²) < 4.78 is 0. The third kappa shape index (κ3) is 4.89. The van der Waals surface area contributed by atoms with Gasteiger partial charge in [-0.1, -0.05) is 32.9 Å². The summed E-state index contributed by atoms with van der Waals surface area (Å²) in [5, 5.41) is 2.63. The van der Waals surface area contributed by atoms with Crippen molar-refractivity contribution >= 4 is 23.2 Å². The zero-order valence-electron chi connectivity index (χ0n) is 13.6. The molecule has 2 N–H and O–H groups in total. The molecule has 0 unspecified atom stereocenters. The molecule has 0 fully saturated rings. The molecule has 1 aromatic carbocycles. The van der Waals surface area contributed by atoms with Gasteiger partial charge in [-0.15, -0.1) is 11.3 Å². The maximum absolute atomic E-state index is 12.0. The van der Waals surface area contributed by atoms with Crippen molar-refractivity contribution in [3.63, 3.8) is 0 Å². The minimum atomic E-state index is -0.408.